The summed E-state index contributed by atoms with van der Waals surface area (Å²) in [5.41, 5.74) is 2.87. The van der Waals surface area contributed by atoms with Gasteiger partial charge in [-0.15, -0.1) is 0 Å². The van der Waals surface area contributed by atoms with Gasteiger partial charge in [0.2, 0.25) is 5.91 Å². The fourth-order valence-electron chi connectivity index (χ4n) is 3.02. The zero-order valence-corrected chi connectivity index (χ0v) is 17.5. The molecule has 3 N–H and O–H groups in total. The second-order valence-corrected chi connectivity index (χ2v) is 6.78. The Labute approximate surface area is 178 Å². The lowest BCUT2D eigenvalue weighted by atomic mass is 10.1. The highest BCUT2D eigenvalue weighted by molar-refractivity contribution is 6.05. The summed E-state index contributed by atoms with van der Waals surface area (Å²) >= 11 is 0. The van der Waals surface area contributed by atoms with Crippen molar-refractivity contribution >= 4 is 40.7 Å². The van der Waals surface area contributed by atoms with Crippen molar-refractivity contribution in [2.45, 2.75) is 13.8 Å². The van der Waals surface area contributed by atoms with Gasteiger partial charge in [0.05, 0.1) is 29.3 Å². The highest BCUT2D eigenvalue weighted by Gasteiger charge is 2.18. The molecule has 2 aromatic heterocycles. The van der Waals surface area contributed by atoms with Crippen molar-refractivity contribution in [3.63, 3.8) is 0 Å². The molecule has 2 heterocycles. The first-order valence-electron chi connectivity index (χ1n) is 9.63. The summed E-state index contributed by atoms with van der Waals surface area (Å²) in [7, 11) is 1.49. The Bertz CT molecular complexity index is 1150. The number of amides is 2. The Hall–Kier alpha value is -4.01. The van der Waals surface area contributed by atoms with Crippen LogP contribution in [0.3, 0.4) is 0 Å². The predicted molar refractivity (Wildman–Crippen MR) is 117 cm³/mol. The van der Waals surface area contributed by atoms with E-state index in [0.717, 1.165) is 11.1 Å². The lowest BCUT2D eigenvalue weighted by molar-refractivity contribution is -0.118. The molecule has 9 heteroatoms. The van der Waals surface area contributed by atoms with Crippen LogP contribution in [0.4, 0.5) is 0 Å². The molecule has 0 fully saturated rings. The van der Waals surface area contributed by atoms with Gasteiger partial charge >= 0.3 is 0 Å². The molecule has 0 saturated heterocycles. The maximum Gasteiger partial charge on any atom is 0.255 e. The van der Waals surface area contributed by atoms with Crippen molar-refractivity contribution in [1.29, 1.82) is 0 Å². The van der Waals surface area contributed by atoms with Crippen molar-refractivity contribution in [2.24, 2.45) is 0 Å². The minimum atomic E-state index is -0.316. The van der Waals surface area contributed by atoms with Crippen LogP contribution < -0.4 is 15.4 Å². The lowest BCUT2D eigenvalue weighted by Crippen LogP contribution is -2.33. The molecule has 31 heavy (non-hydrogen) atoms. The number of H-pyrrole nitrogens is 1. The number of nitrogens with one attached hydrogen (secondary N) is 3. The Morgan fingerprint density at radius 2 is 1.84 bits per heavy atom. The second-order valence-electron chi connectivity index (χ2n) is 6.78. The molecule has 9 nitrogen and oxygen atoms in total. The topological polar surface area (TPSA) is 126 Å². The predicted octanol–water partition coefficient (Wildman–Crippen LogP) is 2.21. The number of methoxy groups -OCH3 is 1. The van der Waals surface area contributed by atoms with Crippen LogP contribution in [0, 0.1) is 0 Å². The van der Waals surface area contributed by atoms with Crippen LogP contribution in [0.15, 0.2) is 30.5 Å². The number of nitrogens with zero attached hydrogens (tertiary/aromatic N) is 2. The first kappa shape index (κ1) is 21.7. The summed E-state index contributed by atoms with van der Waals surface area (Å²) in [5, 5.41) is 13.3. The molecule has 0 unspecified atom stereocenters. The summed E-state index contributed by atoms with van der Waals surface area (Å²) < 4.78 is 5.54. The van der Waals surface area contributed by atoms with Gasteiger partial charge in [-0.2, -0.15) is 5.10 Å². The first-order valence-corrected chi connectivity index (χ1v) is 9.63. The van der Waals surface area contributed by atoms with Crippen molar-refractivity contribution in [3.8, 4) is 5.75 Å². The number of ether oxygens (including phenoxy) is 1. The van der Waals surface area contributed by atoms with E-state index in [1.54, 1.807) is 36.5 Å². The number of fused-ring (bicyclic) bond motifs is 1. The van der Waals surface area contributed by atoms with Crippen molar-refractivity contribution in [1.82, 2.24) is 25.8 Å². The number of pyridine rings is 1. The number of ketones is 1. The monoisotopic (exact) mass is 421 g/mol. The second kappa shape index (κ2) is 9.66. The molecule has 0 aliphatic rings. The van der Waals surface area contributed by atoms with Crippen molar-refractivity contribution in [2.75, 3.05) is 20.2 Å². The standard InChI is InChI=1S/C22H23N5O4/c1-13(28)17-7-4-15(12-25-17)5-8-18-20-19(27-26-18)9-6-16(21(20)31-3)22(30)24-11-10-23-14(2)29/h4-9,12H,10-11H2,1-3H3,(H,23,29)(H,24,30)(H,26,27)/b8-5+. The van der Waals surface area contributed by atoms with Gasteiger partial charge in [0.15, 0.2) is 5.78 Å². The molecular weight excluding hydrogens is 398 g/mol. The van der Waals surface area contributed by atoms with Gasteiger partial charge in [0, 0.05) is 33.1 Å². The quantitative estimate of drug-likeness (QED) is 0.378. The van der Waals surface area contributed by atoms with Crippen molar-refractivity contribution < 1.29 is 19.1 Å². The molecule has 0 aliphatic heterocycles. The molecule has 160 valence electrons. The van der Waals surface area contributed by atoms with Gasteiger partial charge < -0.3 is 15.4 Å². The molecule has 0 spiro atoms. The summed E-state index contributed by atoms with van der Waals surface area (Å²) in [6.45, 7) is 3.51. The largest absolute Gasteiger partial charge is 0.495 e. The van der Waals surface area contributed by atoms with E-state index in [1.807, 2.05) is 6.08 Å². The Morgan fingerprint density at radius 3 is 2.48 bits per heavy atom. The third kappa shape index (κ3) is 5.13. The number of rotatable bonds is 8. The van der Waals surface area contributed by atoms with Gasteiger partial charge in [-0.1, -0.05) is 12.1 Å². The zero-order valence-electron chi connectivity index (χ0n) is 17.5. The molecule has 0 aliphatic carbocycles. The molecule has 3 aromatic rings. The minimum Gasteiger partial charge on any atom is -0.495 e. The summed E-state index contributed by atoms with van der Waals surface area (Å²) in [6, 6.07) is 6.87. The normalized spacial score (nSPS) is 10.9. The van der Waals surface area contributed by atoms with E-state index in [4.69, 9.17) is 4.74 Å². The summed E-state index contributed by atoms with van der Waals surface area (Å²) in [4.78, 5) is 39.1. The number of carbonyl (C=O) groups excluding carboxylic acids is 3. The Morgan fingerprint density at radius 1 is 1.06 bits per heavy atom. The number of hydrogen-bond acceptors (Lipinski definition) is 6. The van der Waals surface area contributed by atoms with Gasteiger partial charge in [0.1, 0.15) is 11.4 Å². The highest BCUT2D eigenvalue weighted by Crippen LogP contribution is 2.32. The maximum atomic E-state index is 12.6. The summed E-state index contributed by atoms with van der Waals surface area (Å²) in [6.07, 6.45) is 5.20. The van der Waals surface area contributed by atoms with Crippen molar-refractivity contribution in [3.05, 3.63) is 53.0 Å². The van der Waals surface area contributed by atoms with E-state index in [9.17, 15) is 14.4 Å². The number of aromatic nitrogens is 3. The third-order valence-corrected chi connectivity index (χ3v) is 4.52. The minimum absolute atomic E-state index is 0.0959. The number of carbonyl (C=O) groups is 3. The zero-order chi connectivity index (χ0) is 22.4. The maximum absolute atomic E-state index is 12.6. The van der Waals surface area contributed by atoms with E-state index < -0.39 is 0 Å². The van der Waals surface area contributed by atoms with Crippen LogP contribution in [0.1, 0.15) is 46.0 Å². The first-order chi connectivity index (χ1) is 14.9. The number of Topliss-reactive ketones (excluding diaryl/α,β-unsaturated/α-hetero) is 1. The molecule has 0 saturated carbocycles. The number of benzene rings is 1. The lowest BCUT2D eigenvalue weighted by Gasteiger charge is -2.11. The SMILES string of the molecule is COc1c(C(=O)NCCNC(C)=O)ccc2[nH]nc(/C=C/c3ccc(C(C)=O)nc3)c12. The molecular formula is C22H23N5O4. The smallest absolute Gasteiger partial charge is 0.255 e. The molecule has 2 amide bonds. The number of hydrogen-bond donors (Lipinski definition) is 3. The summed E-state index contributed by atoms with van der Waals surface area (Å²) in [5.74, 6) is -0.173. The fourth-order valence-corrected chi connectivity index (χ4v) is 3.02. The third-order valence-electron chi connectivity index (χ3n) is 4.52. The van der Waals surface area contributed by atoms with E-state index in [1.165, 1.54) is 21.0 Å². The van der Waals surface area contributed by atoms with E-state index in [0.29, 0.717) is 41.2 Å². The highest BCUT2D eigenvalue weighted by atomic mass is 16.5. The van der Waals surface area contributed by atoms with Crippen LogP contribution in [0.25, 0.3) is 23.1 Å². The van der Waals surface area contributed by atoms with E-state index in [2.05, 4.69) is 25.8 Å². The van der Waals surface area contributed by atoms with E-state index in [-0.39, 0.29) is 17.6 Å². The van der Waals surface area contributed by atoms with Gasteiger partial charge in [-0.3, -0.25) is 24.5 Å². The van der Waals surface area contributed by atoms with Gasteiger partial charge in [-0.25, -0.2) is 0 Å². The van der Waals surface area contributed by atoms with Crippen LogP contribution in [-0.2, 0) is 4.79 Å². The van der Waals surface area contributed by atoms with Gasteiger partial charge in [0.25, 0.3) is 5.91 Å². The Balaban J connectivity index is 1.86. The average Bonchev–Trinajstić information content (AvgIpc) is 3.17. The van der Waals surface area contributed by atoms with Crippen LogP contribution >= 0.6 is 0 Å². The average molecular weight is 421 g/mol. The molecule has 0 atom stereocenters. The Kier molecular flexibility index (Phi) is 6.76. The van der Waals surface area contributed by atoms with Gasteiger partial charge in [-0.05, 0) is 29.8 Å². The fraction of sp³-hybridized carbons (Fsp3) is 0.227. The molecule has 3 rings (SSSR count). The van der Waals surface area contributed by atoms with Crippen LogP contribution in [-0.4, -0.2) is 53.0 Å². The molecule has 0 radical (unpaired) electrons. The van der Waals surface area contributed by atoms with Crippen LogP contribution in [0.2, 0.25) is 0 Å². The van der Waals surface area contributed by atoms with E-state index >= 15 is 0 Å². The molecule has 0 bridgehead atoms. The number of aromatic amines is 1. The van der Waals surface area contributed by atoms with Crippen LogP contribution in [0.5, 0.6) is 5.75 Å². The molecule has 1 aromatic carbocycles.